The number of aromatic nitrogens is 1. The third-order valence-corrected chi connectivity index (χ3v) is 6.52. The molecule has 4 rings (SSSR count). The number of halogens is 1. The molecule has 0 saturated heterocycles. The van der Waals surface area contributed by atoms with E-state index < -0.39 is 10.0 Å². The fraction of sp³-hybridized carbons (Fsp3) is 0.167. The van der Waals surface area contributed by atoms with Crippen molar-refractivity contribution >= 4 is 38.6 Å². The molecule has 1 aliphatic rings. The van der Waals surface area contributed by atoms with Crippen LogP contribution in [0.1, 0.15) is 0 Å². The first kappa shape index (κ1) is 19.0. The van der Waals surface area contributed by atoms with Gasteiger partial charge in [-0.15, -0.1) is 11.3 Å². The normalized spacial score (nSPS) is 14.3. The number of sulfonamides is 1. The van der Waals surface area contributed by atoms with Crippen LogP contribution in [-0.4, -0.2) is 26.2 Å². The van der Waals surface area contributed by atoms with Gasteiger partial charge in [0.1, 0.15) is 18.1 Å². The molecule has 0 saturated carbocycles. The second-order valence-electron chi connectivity index (χ2n) is 6.09. The number of thiazole rings is 1. The van der Waals surface area contributed by atoms with Crippen LogP contribution in [0.4, 0.5) is 5.69 Å². The smallest absolute Gasteiger partial charge is 0.239 e. The molecule has 0 atom stereocenters. The Labute approximate surface area is 170 Å². The highest BCUT2D eigenvalue weighted by Gasteiger charge is 2.16. The Kier molecular flexibility index (Phi) is 4.92. The van der Waals surface area contributed by atoms with Crippen LogP contribution in [0.5, 0.6) is 11.5 Å². The molecule has 0 radical (unpaired) electrons. The standard InChI is InChI=1S/C18H16ClN3O4S2/c1-22-14(11-2-4-13(19)17(8-11)28(20,23)24)10-27-18(22)21-12-3-5-15-16(9-12)26-7-6-25-15/h2-5,8-10H,6-7H2,1H3,(H2,20,23,24). The molecule has 0 aliphatic carbocycles. The van der Waals surface area contributed by atoms with E-state index in [2.05, 4.69) is 4.99 Å². The van der Waals surface area contributed by atoms with Gasteiger partial charge in [0, 0.05) is 24.1 Å². The molecule has 0 spiro atoms. The molecule has 0 amide bonds. The summed E-state index contributed by atoms with van der Waals surface area (Å²) in [6, 6.07) is 10.2. The lowest BCUT2D eigenvalue weighted by atomic mass is 10.2. The van der Waals surface area contributed by atoms with Gasteiger partial charge in [0.05, 0.1) is 16.4 Å². The first-order chi connectivity index (χ1) is 13.3. The van der Waals surface area contributed by atoms with E-state index in [1.54, 1.807) is 6.07 Å². The number of rotatable bonds is 3. The van der Waals surface area contributed by atoms with Gasteiger partial charge < -0.3 is 14.0 Å². The first-order valence-electron chi connectivity index (χ1n) is 8.24. The zero-order valence-electron chi connectivity index (χ0n) is 14.8. The average molecular weight is 438 g/mol. The minimum atomic E-state index is -3.91. The summed E-state index contributed by atoms with van der Waals surface area (Å²) in [6.07, 6.45) is 0. The molecule has 10 heteroatoms. The van der Waals surface area contributed by atoms with Crippen molar-refractivity contribution in [1.29, 1.82) is 0 Å². The van der Waals surface area contributed by atoms with Crippen molar-refractivity contribution in [2.45, 2.75) is 4.90 Å². The van der Waals surface area contributed by atoms with Gasteiger partial charge in [0.2, 0.25) is 10.0 Å². The SMILES string of the molecule is Cn1c(-c2ccc(Cl)c(S(N)(=O)=O)c2)csc1=Nc1ccc2c(c1)OCCO2. The fourth-order valence-corrected chi connectivity index (χ4v) is 4.82. The molecule has 7 nitrogen and oxygen atoms in total. The van der Waals surface area contributed by atoms with Gasteiger partial charge in [-0.1, -0.05) is 17.7 Å². The van der Waals surface area contributed by atoms with E-state index in [4.69, 9.17) is 26.2 Å². The molecular weight excluding hydrogens is 422 g/mol. The Bertz CT molecular complexity index is 1230. The Hall–Kier alpha value is -2.33. The molecule has 2 N–H and O–H groups in total. The monoisotopic (exact) mass is 437 g/mol. The van der Waals surface area contributed by atoms with Gasteiger partial charge >= 0.3 is 0 Å². The van der Waals surface area contributed by atoms with E-state index in [9.17, 15) is 8.42 Å². The van der Waals surface area contributed by atoms with E-state index in [0.29, 0.717) is 30.3 Å². The fourth-order valence-electron chi connectivity index (χ4n) is 2.83. The van der Waals surface area contributed by atoms with E-state index >= 15 is 0 Å². The largest absolute Gasteiger partial charge is 0.486 e. The number of fused-ring (bicyclic) bond motifs is 1. The highest BCUT2D eigenvalue weighted by Crippen LogP contribution is 2.33. The van der Waals surface area contributed by atoms with Crippen LogP contribution in [0.15, 0.2) is 51.7 Å². The Morgan fingerprint density at radius 2 is 1.89 bits per heavy atom. The van der Waals surface area contributed by atoms with Crippen LogP contribution in [-0.2, 0) is 17.1 Å². The number of nitrogens with zero attached hydrogens (tertiary/aromatic N) is 2. The number of primary sulfonamides is 1. The van der Waals surface area contributed by atoms with E-state index in [0.717, 1.165) is 16.2 Å². The first-order valence-corrected chi connectivity index (χ1v) is 11.0. The minimum absolute atomic E-state index is 0.0883. The molecule has 2 aromatic carbocycles. The van der Waals surface area contributed by atoms with Crippen molar-refractivity contribution in [3.63, 3.8) is 0 Å². The highest BCUT2D eigenvalue weighted by molar-refractivity contribution is 7.89. The number of hydrogen-bond donors (Lipinski definition) is 1. The summed E-state index contributed by atoms with van der Waals surface area (Å²) < 4.78 is 36.5. The molecule has 0 unspecified atom stereocenters. The van der Waals surface area contributed by atoms with Crippen molar-refractivity contribution in [2.24, 2.45) is 17.2 Å². The molecule has 1 aliphatic heterocycles. The number of nitrogens with two attached hydrogens (primary N) is 1. The zero-order valence-corrected chi connectivity index (χ0v) is 17.1. The average Bonchev–Trinajstić information content (AvgIpc) is 3.01. The number of hydrogen-bond acceptors (Lipinski definition) is 6. The Morgan fingerprint density at radius 3 is 2.64 bits per heavy atom. The van der Waals surface area contributed by atoms with Crippen LogP contribution in [0.3, 0.4) is 0 Å². The summed E-state index contributed by atoms with van der Waals surface area (Å²) in [5, 5.41) is 7.23. The van der Waals surface area contributed by atoms with Crippen molar-refractivity contribution in [3.05, 3.63) is 51.6 Å². The maximum Gasteiger partial charge on any atom is 0.239 e. The predicted molar refractivity (Wildman–Crippen MR) is 108 cm³/mol. The van der Waals surface area contributed by atoms with E-state index in [1.165, 1.54) is 23.5 Å². The summed E-state index contributed by atoms with van der Waals surface area (Å²) in [7, 11) is -2.06. The molecule has 146 valence electrons. The van der Waals surface area contributed by atoms with Gasteiger partial charge in [-0.2, -0.15) is 0 Å². The lowest BCUT2D eigenvalue weighted by molar-refractivity contribution is 0.171. The summed E-state index contributed by atoms with van der Waals surface area (Å²) in [5.74, 6) is 1.38. The maximum atomic E-state index is 11.7. The van der Waals surface area contributed by atoms with Crippen LogP contribution in [0.2, 0.25) is 5.02 Å². The Morgan fingerprint density at radius 1 is 1.14 bits per heavy atom. The predicted octanol–water partition coefficient (Wildman–Crippen LogP) is 3.06. The van der Waals surface area contributed by atoms with Crippen molar-refractivity contribution in [1.82, 2.24) is 4.57 Å². The second-order valence-corrected chi connectivity index (χ2v) is 8.87. The van der Waals surface area contributed by atoms with Crippen molar-refractivity contribution in [2.75, 3.05) is 13.2 Å². The molecule has 3 aromatic rings. The van der Waals surface area contributed by atoms with Gasteiger partial charge in [0.25, 0.3) is 0 Å². The van der Waals surface area contributed by atoms with Crippen molar-refractivity contribution in [3.8, 4) is 22.8 Å². The third-order valence-electron chi connectivity index (χ3n) is 4.21. The quantitative estimate of drug-likeness (QED) is 0.681. The summed E-state index contributed by atoms with van der Waals surface area (Å²) in [6.45, 7) is 1.05. The van der Waals surface area contributed by atoms with Crippen molar-refractivity contribution < 1.29 is 17.9 Å². The molecule has 0 bridgehead atoms. The lowest BCUT2D eigenvalue weighted by Crippen LogP contribution is -2.15. The van der Waals surface area contributed by atoms with E-state index in [1.807, 2.05) is 35.2 Å². The molecular formula is C18H16ClN3O4S2. The van der Waals surface area contributed by atoms with Gasteiger partial charge in [0.15, 0.2) is 16.3 Å². The van der Waals surface area contributed by atoms with Gasteiger partial charge in [-0.05, 0) is 24.3 Å². The number of benzene rings is 2. The lowest BCUT2D eigenvalue weighted by Gasteiger charge is -2.18. The summed E-state index contributed by atoms with van der Waals surface area (Å²) in [5.41, 5.74) is 2.20. The van der Waals surface area contributed by atoms with E-state index in [-0.39, 0.29) is 9.92 Å². The second kappa shape index (κ2) is 7.25. The molecule has 28 heavy (non-hydrogen) atoms. The van der Waals surface area contributed by atoms with Crippen LogP contribution >= 0.6 is 22.9 Å². The molecule has 1 aromatic heterocycles. The summed E-state index contributed by atoms with van der Waals surface area (Å²) >= 11 is 7.41. The topological polar surface area (TPSA) is 95.9 Å². The molecule has 2 heterocycles. The van der Waals surface area contributed by atoms with Gasteiger partial charge in [-0.3, -0.25) is 0 Å². The zero-order chi connectivity index (χ0) is 19.9. The third kappa shape index (κ3) is 3.66. The highest BCUT2D eigenvalue weighted by atomic mass is 35.5. The minimum Gasteiger partial charge on any atom is -0.486 e. The molecule has 0 fully saturated rings. The van der Waals surface area contributed by atoms with Crippen LogP contribution in [0, 0.1) is 0 Å². The Balaban J connectivity index is 1.75. The summed E-state index contributed by atoms with van der Waals surface area (Å²) in [4.78, 5) is 5.29. The number of ether oxygens (including phenoxy) is 2. The van der Waals surface area contributed by atoms with Crippen LogP contribution in [0.25, 0.3) is 11.3 Å². The maximum absolute atomic E-state index is 11.7. The van der Waals surface area contributed by atoms with Crippen LogP contribution < -0.4 is 19.4 Å². The van der Waals surface area contributed by atoms with Gasteiger partial charge in [-0.25, -0.2) is 18.5 Å².